The van der Waals surface area contributed by atoms with Gasteiger partial charge in [-0.1, -0.05) is 0 Å². The average molecular weight is 452 g/mol. The number of rotatable bonds is 5. The van der Waals surface area contributed by atoms with Gasteiger partial charge in [0.25, 0.3) is 5.79 Å². The average Bonchev–Trinajstić information content (AvgIpc) is 2.66. The highest BCUT2D eigenvalue weighted by Gasteiger charge is 2.39. The van der Waals surface area contributed by atoms with E-state index < -0.39 is 32.8 Å². The Balaban J connectivity index is 1.97. The van der Waals surface area contributed by atoms with E-state index in [4.69, 9.17) is 9.47 Å². The van der Waals surface area contributed by atoms with Gasteiger partial charge in [-0.05, 0) is 39.1 Å². The van der Waals surface area contributed by atoms with Gasteiger partial charge in [0.05, 0.1) is 15.8 Å². The summed E-state index contributed by atoms with van der Waals surface area (Å²) in [6, 6.07) is 5.07. The van der Waals surface area contributed by atoms with Gasteiger partial charge in [-0.15, -0.1) is 0 Å². The first-order valence-electron chi connectivity index (χ1n) is 10.2. The van der Waals surface area contributed by atoms with Crippen LogP contribution in [0.3, 0.4) is 0 Å². The van der Waals surface area contributed by atoms with E-state index in [0.717, 1.165) is 38.1 Å². The molecule has 31 heavy (non-hydrogen) atoms. The highest BCUT2D eigenvalue weighted by atomic mass is 32.2. The molecule has 0 aliphatic carbocycles. The molecule has 2 fully saturated rings. The second-order valence-electron chi connectivity index (χ2n) is 8.45. The van der Waals surface area contributed by atoms with E-state index in [1.807, 2.05) is 0 Å². The lowest BCUT2D eigenvalue weighted by molar-refractivity contribution is -0.222. The molecule has 0 saturated carbocycles. The molecule has 0 amide bonds. The van der Waals surface area contributed by atoms with Crippen LogP contribution in [0.1, 0.15) is 27.7 Å². The highest BCUT2D eigenvalue weighted by molar-refractivity contribution is 7.92. The van der Waals surface area contributed by atoms with Crippen molar-refractivity contribution in [1.29, 1.82) is 0 Å². The molecule has 0 aromatic heterocycles. The third-order valence-electron chi connectivity index (χ3n) is 5.25. The molecule has 0 radical (unpaired) electrons. The largest absolute Gasteiger partial charge is 0.419 e. The first-order valence-corrected chi connectivity index (χ1v) is 11.7. The van der Waals surface area contributed by atoms with E-state index in [1.165, 1.54) is 13.8 Å². The van der Waals surface area contributed by atoms with Gasteiger partial charge in [-0.3, -0.25) is 0 Å². The molecule has 2 saturated heterocycles. The Hall–Kier alpha value is -2.59. The Morgan fingerprint density at radius 2 is 1.65 bits per heavy atom. The van der Waals surface area contributed by atoms with E-state index in [1.54, 1.807) is 32.0 Å². The summed E-state index contributed by atoms with van der Waals surface area (Å²) >= 11 is 0. The third kappa shape index (κ3) is 5.01. The second-order valence-corrected chi connectivity index (χ2v) is 10.9. The van der Waals surface area contributed by atoms with Crippen LogP contribution in [-0.4, -0.2) is 69.5 Å². The van der Waals surface area contributed by atoms with Crippen LogP contribution in [0.25, 0.3) is 0 Å². The maximum absolute atomic E-state index is 12.9. The van der Waals surface area contributed by atoms with Gasteiger partial charge in [-0.2, -0.15) is 0 Å². The lowest BCUT2D eigenvalue weighted by Crippen LogP contribution is -2.44. The minimum absolute atomic E-state index is 0.0927. The van der Waals surface area contributed by atoms with Gasteiger partial charge in [0, 0.05) is 51.9 Å². The molecular weight excluding hydrogens is 422 g/mol. The quantitative estimate of drug-likeness (QED) is 0.407. The number of sulfone groups is 1. The summed E-state index contributed by atoms with van der Waals surface area (Å²) in [4.78, 5) is 28.9. The number of nitrogens with zero attached hydrogens (tertiary/aromatic N) is 2. The smallest absolute Gasteiger partial charge is 0.350 e. The normalized spacial score (nSPS) is 19.8. The van der Waals surface area contributed by atoms with Crippen LogP contribution in [0.5, 0.6) is 0 Å². The van der Waals surface area contributed by atoms with Crippen molar-refractivity contribution in [3.63, 3.8) is 0 Å². The Morgan fingerprint density at radius 3 is 2.19 bits per heavy atom. The van der Waals surface area contributed by atoms with Crippen molar-refractivity contribution in [2.45, 2.75) is 43.6 Å². The van der Waals surface area contributed by atoms with Crippen LogP contribution in [0.4, 0.5) is 11.4 Å². The fourth-order valence-corrected chi connectivity index (χ4v) is 4.51. The number of cyclic esters (lactones) is 2. The molecule has 2 aliphatic heterocycles. The standard InChI is InChI=1S/C21H29N3O6S/c1-14(2)31(27,28)18-7-6-15(24-10-8-23(5)9-11-24)12-17(18)22-13-16-19(25)29-21(3,4)30-20(16)26/h6-7,12-14,22H,8-11H2,1-5H3. The van der Waals surface area contributed by atoms with Crippen LogP contribution in [-0.2, 0) is 28.9 Å². The van der Waals surface area contributed by atoms with Crippen molar-refractivity contribution in [2.24, 2.45) is 0 Å². The number of likely N-dealkylation sites (N-methyl/N-ethyl adjacent to an activating group) is 1. The summed E-state index contributed by atoms with van der Waals surface area (Å²) in [7, 11) is -1.56. The zero-order chi connectivity index (χ0) is 23.0. The number of carbonyl (C=O) groups excluding carboxylic acids is 2. The Kier molecular flexibility index (Phi) is 6.33. The molecule has 0 unspecified atom stereocenters. The van der Waals surface area contributed by atoms with Gasteiger partial charge in [0.2, 0.25) is 0 Å². The summed E-state index contributed by atoms with van der Waals surface area (Å²) in [5, 5.41) is 2.20. The Bertz CT molecular complexity index is 986. The van der Waals surface area contributed by atoms with Crippen molar-refractivity contribution in [3.8, 4) is 0 Å². The van der Waals surface area contributed by atoms with Crippen molar-refractivity contribution in [1.82, 2.24) is 4.90 Å². The molecule has 0 spiro atoms. The summed E-state index contributed by atoms with van der Waals surface area (Å²) in [5.41, 5.74) is 0.798. The lowest BCUT2D eigenvalue weighted by atomic mass is 10.2. The van der Waals surface area contributed by atoms with Crippen LogP contribution < -0.4 is 10.2 Å². The molecule has 1 N–H and O–H groups in total. The molecule has 2 heterocycles. The molecule has 10 heteroatoms. The second kappa shape index (κ2) is 8.51. The van der Waals surface area contributed by atoms with Gasteiger partial charge < -0.3 is 24.6 Å². The number of nitrogens with one attached hydrogen (secondary N) is 1. The van der Waals surface area contributed by atoms with Gasteiger partial charge in [0.15, 0.2) is 15.4 Å². The number of piperazine rings is 1. The summed E-state index contributed by atoms with van der Waals surface area (Å²) in [5.74, 6) is -3.02. The zero-order valence-corrected chi connectivity index (χ0v) is 19.3. The first-order chi connectivity index (χ1) is 14.4. The molecule has 2 aliphatic rings. The molecule has 9 nitrogen and oxygen atoms in total. The number of benzene rings is 1. The van der Waals surface area contributed by atoms with Crippen molar-refractivity contribution >= 4 is 33.2 Å². The molecule has 0 bridgehead atoms. The SMILES string of the molecule is CC(C)S(=O)(=O)c1ccc(N2CCN(C)CC2)cc1NC=C1C(=O)OC(C)(C)OC1=O. The number of hydrogen-bond donors (Lipinski definition) is 1. The monoisotopic (exact) mass is 451 g/mol. The van der Waals surface area contributed by atoms with Crippen molar-refractivity contribution < 1.29 is 27.5 Å². The Labute approximate surface area is 182 Å². The molecule has 1 aromatic rings. The number of esters is 2. The predicted octanol–water partition coefficient (Wildman–Crippen LogP) is 1.75. The molecular formula is C21H29N3O6S. The van der Waals surface area contributed by atoms with Crippen LogP contribution >= 0.6 is 0 Å². The number of carbonyl (C=O) groups is 2. The van der Waals surface area contributed by atoms with E-state index in [0.29, 0.717) is 0 Å². The summed E-state index contributed by atoms with van der Waals surface area (Å²) in [6.45, 7) is 9.52. The number of anilines is 2. The summed E-state index contributed by atoms with van der Waals surface area (Å²) in [6.07, 6.45) is 1.14. The highest BCUT2D eigenvalue weighted by Crippen LogP contribution is 2.31. The fourth-order valence-electron chi connectivity index (χ4n) is 3.32. The first kappa shape index (κ1) is 23.1. The minimum atomic E-state index is -3.61. The summed E-state index contributed by atoms with van der Waals surface area (Å²) < 4.78 is 35.9. The van der Waals surface area contributed by atoms with Crippen molar-refractivity contribution in [3.05, 3.63) is 30.0 Å². The van der Waals surface area contributed by atoms with Gasteiger partial charge in [-0.25, -0.2) is 18.0 Å². The minimum Gasteiger partial charge on any atom is -0.419 e. The molecule has 1 aromatic carbocycles. The number of ether oxygens (including phenoxy) is 2. The zero-order valence-electron chi connectivity index (χ0n) is 18.5. The lowest BCUT2D eigenvalue weighted by Gasteiger charge is -2.34. The Morgan fingerprint density at radius 1 is 1.06 bits per heavy atom. The van der Waals surface area contributed by atoms with Crippen molar-refractivity contribution in [2.75, 3.05) is 43.4 Å². The van der Waals surface area contributed by atoms with Gasteiger partial charge in [0.1, 0.15) is 0 Å². The van der Waals surface area contributed by atoms with E-state index in [9.17, 15) is 18.0 Å². The fraction of sp³-hybridized carbons (Fsp3) is 0.524. The van der Waals surface area contributed by atoms with Gasteiger partial charge >= 0.3 is 11.9 Å². The predicted molar refractivity (Wildman–Crippen MR) is 116 cm³/mol. The van der Waals surface area contributed by atoms with Crippen LogP contribution in [0, 0.1) is 0 Å². The van der Waals surface area contributed by atoms with E-state index >= 15 is 0 Å². The third-order valence-corrected chi connectivity index (χ3v) is 7.46. The maximum atomic E-state index is 12.9. The molecule has 3 rings (SSSR count). The number of hydrogen-bond acceptors (Lipinski definition) is 9. The molecule has 170 valence electrons. The molecule has 0 atom stereocenters. The van der Waals surface area contributed by atoms with Crippen LogP contribution in [0.2, 0.25) is 0 Å². The van der Waals surface area contributed by atoms with E-state index in [-0.39, 0.29) is 16.2 Å². The van der Waals surface area contributed by atoms with E-state index in [2.05, 4.69) is 22.2 Å². The topological polar surface area (TPSA) is 105 Å². The maximum Gasteiger partial charge on any atom is 0.350 e. The van der Waals surface area contributed by atoms with Crippen LogP contribution in [0.15, 0.2) is 34.9 Å².